The predicted molar refractivity (Wildman–Crippen MR) is 125 cm³/mol. The number of rotatable bonds is 7. The summed E-state index contributed by atoms with van der Waals surface area (Å²) >= 11 is 1.75. The Morgan fingerprint density at radius 3 is 2.58 bits per heavy atom. The quantitative estimate of drug-likeness (QED) is 0.407. The van der Waals surface area contributed by atoms with Crippen LogP contribution >= 0.6 is 11.3 Å². The third-order valence-corrected chi connectivity index (χ3v) is 7.45. The van der Waals surface area contributed by atoms with Crippen molar-refractivity contribution in [2.45, 2.75) is 62.5 Å². The van der Waals surface area contributed by atoms with Crippen LogP contribution in [0.2, 0.25) is 0 Å². The molecule has 180 valence electrons. The first-order valence-electron chi connectivity index (χ1n) is 11.2. The van der Waals surface area contributed by atoms with Gasteiger partial charge < -0.3 is 25.0 Å². The molecule has 9 heteroatoms. The Morgan fingerprint density at radius 2 is 1.94 bits per heavy atom. The summed E-state index contributed by atoms with van der Waals surface area (Å²) in [5.74, 6) is -2.66. The van der Waals surface area contributed by atoms with Gasteiger partial charge in [-0.3, -0.25) is 4.98 Å². The molecule has 1 aliphatic heterocycles. The molecule has 3 N–H and O–H groups in total. The van der Waals surface area contributed by atoms with Gasteiger partial charge in [-0.15, -0.1) is 11.3 Å². The maximum atomic E-state index is 9.10. The largest absolute Gasteiger partial charge is 0.496 e. The molecule has 1 atom stereocenters. The van der Waals surface area contributed by atoms with E-state index in [0.717, 1.165) is 44.7 Å². The number of nitrogens with one attached hydrogen (secondary N) is 1. The first-order chi connectivity index (χ1) is 15.9. The van der Waals surface area contributed by atoms with Crippen molar-refractivity contribution in [3.05, 3.63) is 46.4 Å². The van der Waals surface area contributed by atoms with Crippen molar-refractivity contribution in [1.82, 2.24) is 10.3 Å². The topological polar surface area (TPSA) is 118 Å². The minimum absolute atomic E-state index is 0.0900. The average Bonchev–Trinajstić information content (AvgIpc) is 3.47. The number of methoxy groups -OCH3 is 1. The molecule has 0 unspecified atom stereocenters. The molecular weight excluding hydrogens is 444 g/mol. The van der Waals surface area contributed by atoms with E-state index < -0.39 is 11.9 Å². The van der Waals surface area contributed by atoms with Gasteiger partial charge >= 0.3 is 11.9 Å². The number of thiophene rings is 1. The van der Waals surface area contributed by atoms with Crippen LogP contribution in [0.1, 0.15) is 55.5 Å². The van der Waals surface area contributed by atoms with Crippen LogP contribution in [0.5, 0.6) is 5.75 Å². The van der Waals surface area contributed by atoms with Crippen LogP contribution in [0.3, 0.4) is 0 Å². The molecule has 3 heterocycles. The summed E-state index contributed by atoms with van der Waals surface area (Å²) < 4.78 is 11.8. The number of aromatic nitrogens is 1. The van der Waals surface area contributed by atoms with E-state index in [4.69, 9.17) is 34.3 Å². The molecule has 8 nitrogen and oxygen atoms in total. The number of carboxylic acids is 2. The molecule has 2 fully saturated rings. The molecular formula is C24H32N2O6S. The molecule has 2 aliphatic rings. The maximum absolute atomic E-state index is 9.10. The van der Waals surface area contributed by atoms with E-state index >= 15 is 0 Å². The van der Waals surface area contributed by atoms with E-state index in [9.17, 15) is 0 Å². The fourth-order valence-electron chi connectivity index (χ4n) is 4.97. The zero-order valence-corrected chi connectivity index (χ0v) is 19.7. The van der Waals surface area contributed by atoms with Gasteiger partial charge in [-0.25, -0.2) is 9.59 Å². The van der Waals surface area contributed by atoms with Crippen LogP contribution in [-0.2, 0) is 26.3 Å². The maximum Gasteiger partial charge on any atom is 0.414 e. The molecule has 0 bridgehead atoms. The second-order valence-corrected chi connectivity index (χ2v) is 9.61. The Hall–Kier alpha value is -2.49. The number of nitrogens with zero attached hydrogens (tertiary/aromatic N) is 1. The van der Waals surface area contributed by atoms with Gasteiger partial charge in [0, 0.05) is 30.5 Å². The SMILES string of the molecule is COc1ccsc1CNCC[C@@]1(c2ccccn2)CCOC2(CCCC2)C1.O=C(O)C(=O)O. The minimum Gasteiger partial charge on any atom is -0.496 e. The Kier molecular flexibility index (Phi) is 8.82. The van der Waals surface area contributed by atoms with Crippen molar-refractivity contribution in [2.75, 3.05) is 20.3 Å². The van der Waals surface area contributed by atoms with Crippen LogP contribution in [-0.4, -0.2) is 53.0 Å². The van der Waals surface area contributed by atoms with Gasteiger partial charge in [0.2, 0.25) is 0 Å². The zero-order chi connectivity index (χ0) is 23.7. The number of ether oxygens (including phenoxy) is 2. The van der Waals surface area contributed by atoms with Crippen molar-refractivity contribution in [2.24, 2.45) is 0 Å². The Balaban J connectivity index is 0.000000454. The lowest BCUT2D eigenvalue weighted by atomic mass is 9.68. The summed E-state index contributed by atoms with van der Waals surface area (Å²) in [6, 6.07) is 8.41. The summed E-state index contributed by atoms with van der Waals surface area (Å²) in [5.41, 5.74) is 1.46. The molecule has 0 aromatic carbocycles. The number of carbonyl (C=O) groups is 2. The highest BCUT2D eigenvalue weighted by molar-refractivity contribution is 7.10. The van der Waals surface area contributed by atoms with Crippen molar-refractivity contribution >= 4 is 23.3 Å². The lowest BCUT2D eigenvalue weighted by Crippen LogP contribution is -2.47. The third kappa shape index (κ3) is 6.52. The van der Waals surface area contributed by atoms with Gasteiger partial charge in [-0.1, -0.05) is 18.9 Å². The first kappa shape index (κ1) is 25.1. The van der Waals surface area contributed by atoms with Crippen molar-refractivity contribution < 1.29 is 29.3 Å². The molecule has 33 heavy (non-hydrogen) atoms. The van der Waals surface area contributed by atoms with Gasteiger partial charge in [0.05, 0.1) is 17.6 Å². The highest BCUT2D eigenvalue weighted by Crippen LogP contribution is 2.49. The second-order valence-electron chi connectivity index (χ2n) is 8.61. The van der Waals surface area contributed by atoms with Crippen LogP contribution < -0.4 is 10.1 Å². The van der Waals surface area contributed by atoms with Crippen LogP contribution in [0.25, 0.3) is 0 Å². The summed E-state index contributed by atoms with van der Waals surface area (Å²) in [4.78, 5) is 24.3. The number of pyridine rings is 1. The molecule has 2 aromatic rings. The lowest BCUT2D eigenvalue weighted by molar-refractivity contribution is -0.159. The molecule has 2 aromatic heterocycles. The van der Waals surface area contributed by atoms with E-state index in [0.29, 0.717) is 0 Å². The first-order valence-corrected chi connectivity index (χ1v) is 12.1. The van der Waals surface area contributed by atoms with E-state index in [-0.39, 0.29) is 11.0 Å². The molecule has 1 aliphatic carbocycles. The Bertz CT molecular complexity index is 901. The van der Waals surface area contributed by atoms with Gasteiger partial charge in [0.15, 0.2) is 0 Å². The van der Waals surface area contributed by atoms with Crippen LogP contribution in [0, 0.1) is 0 Å². The number of carboxylic acid groups (broad SMARTS) is 2. The predicted octanol–water partition coefficient (Wildman–Crippen LogP) is 3.85. The van der Waals surface area contributed by atoms with Gasteiger partial charge in [-0.2, -0.15) is 0 Å². The Morgan fingerprint density at radius 1 is 1.18 bits per heavy atom. The van der Waals surface area contributed by atoms with Crippen molar-refractivity contribution in [3.63, 3.8) is 0 Å². The Labute approximate surface area is 198 Å². The second kappa shape index (κ2) is 11.6. The average molecular weight is 477 g/mol. The van der Waals surface area contributed by atoms with Crippen LogP contribution in [0.15, 0.2) is 35.8 Å². The number of hydrogen-bond acceptors (Lipinski definition) is 7. The van der Waals surface area contributed by atoms with E-state index in [1.807, 2.05) is 18.3 Å². The van der Waals surface area contributed by atoms with Gasteiger partial charge in [-0.05, 0) is 62.2 Å². The highest BCUT2D eigenvalue weighted by Gasteiger charge is 2.48. The van der Waals surface area contributed by atoms with Crippen molar-refractivity contribution in [1.29, 1.82) is 0 Å². The molecule has 0 amide bonds. The molecule has 1 spiro atoms. The van der Waals surface area contributed by atoms with E-state index in [1.165, 1.54) is 36.3 Å². The smallest absolute Gasteiger partial charge is 0.414 e. The normalized spacial score (nSPS) is 21.2. The third-order valence-electron chi connectivity index (χ3n) is 6.55. The number of hydrogen-bond donors (Lipinski definition) is 3. The molecule has 1 saturated carbocycles. The van der Waals surface area contributed by atoms with Gasteiger partial charge in [0.1, 0.15) is 5.75 Å². The summed E-state index contributed by atoms with van der Waals surface area (Å²) in [5, 5.41) is 20.5. The molecule has 4 rings (SSSR count). The van der Waals surface area contributed by atoms with Crippen LogP contribution in [0.4, 0.5) is 0 Å². The zero-order valence-electron chi connectivity index (χ0n) is 18.9. The van der Waals surface area contributed by atoms with Gasteiger partial charge in [0.25, 0.3) is 0 Å². The summed E-state index contributed by atoms with van der Waals surface area (Å²) in [7, 11) is 1.74. The fourth-order valence-corrected chi connectivity index (χ4v) is 5.77. The van der Waals surface area contributed by atoms with E-state index in [2.05, 4.69) is 22.8 Å². The summed E-state index contributed by atoms with van der Waals surface area (Å²) in [6.07, 6.45) is 10.2. The summed E-state index contributed by atoms with van der Waals surface area (Å²) in [6.45, 7) is 2.70. The lowest BCUT2D eigenvalue weighted by Gasteiger charge is -2.46. The van der Waals surface area contributed by atoms with Crippen molar-refractivity contribution in [3.8, 4) is 5.75 Å². The molecule has 1 saturated heterocycles. The fraction of sp³-hybridized carbons (Fsp3) is 0.542. The highest BCUT2D eigenvalue weighted by atomic mass is 32.1. The minimum atomic E-state index is -1.82. The van der Waals surface area contributed by atoms with E-state index in [1.54, 1.807) is 18.4 Å². The number of aliphatic carboxylic acids is 2. The standard InChI is InChI=1S/C22H30N2O2S.C2H2O4/c1-25-18-7-15-27-19(18)16-23-13-10-21(20-6-2-5-12-24-20)11-14-26-22(17-21)8-3-4-9-22;3-1(4)2(5)6/h2,5-7,12,15,23H,3-4,8-11,13-14,16-17H2,1H3;(H,3,4)(H,5,6)/t21-;/m1./s1. The molecule has 0 radical (unpaired) electrons. The monoisotopic (exact) mass is 476 g/mol.